The summed E-state index contributed by atoms with van der Waals surface area (Å²) >= 11 is 0. The van der Waals surface area contributed by atoms with Crippen molar-refractivity contribution in [2.75, 3.05) is 10.6 Å². The van der Waals surface area contributed by atoms with Crippen molar-refractivity contribution in [2.45, 2.75) is 47.1 Å². The minimum Gasteiger partial charge on any atom is -0.371 e. The van der Waals surface area contributed by atoms with Crippen LogP contribution < -0.4 is 16.0 Å². The van der Waals surface area contributed by atoms with E-state index in [1.165, 1.54) is 0 Å². The van der Waals surface area contributed by atoms with E-state index in [1.807, 2.05) is 37.6 Å². The highest BCUT2D eigenvalue weighted by atomic mass is 15.1. The Balaban J connectivity index is 1.58. The Kier molecular flexibility index (Phi) is 7.59. The smallest absolute Gasteiger partial charge is 0.101 e. The second-order valence-electron chi connectivity index (χ2n) is 11.1. The molecule has 4 heterocycles. The predicted octanol–water partition coefficient (Wildman–Crippen LogP) is 7.65. The molecule has 1 saturated heterocycles. The van der Waals surface area contributed by atoms with E-state index in [0.29, 0.717) is 0 Å². The molecule has 3 aromatic rings. The summed E-state index contributed by atoms with van der Waals surface area (Å²) in [6.07, 6.45) is 15.1. The van der Waals surface area contributed by atoms with Crippen LogP contribution in [0.25, 0.3) is 16.7 Å². The highest BCUT2D eigenvalue weighted by Crippen LogP contribution is 2.41. The van der Waals surface area contributed by atoms with Crippen LogP contribution in [0, 0.1) is 12.3 Å². The Bertz CT molecular complexity index is 1490. The minimum atomic E-state index is -0.506. The first-order valence-corrected chi connectivity index (χ1v) is 13.0. The van der Waals surface area contributed by atoms with Gasteiger partial charge in [-0.2, -0.15) is 0 Å². The van der Waals surface area contributed by atoms with Crippen LogP contribution in [0.4, 0.5) is 11.4 Å². The molecule has 1 aliphatic heterocycles. The lowest BCUT2D eigenvalue weighted by Gasteiger charge is -2.48. The van der Waals surface area contributed by atoms with Crippen molar-refractivity contribution in [1.82, 2.24) is 20.3 Å². The summed E-state index contributed by atoms with van der Waals surface area (Å²) in [5, 5.41) is 10.5. The molecule has 3 aromatic heterocycles. The minimum absolute atomic E-state index is 0.0612. The van der Waals surface area contributed by atoms with Crippen LogP contribution >= 0.6 is 0 Å². The van der Waals surface area contributed by atoms with E-state index in [1.54, 1.807) is 18.6 Å². The molecule has 0 radical (unpaired) electrons. The fourth-order valence-corrected chi connectivity index (χ4v) is 4.36. The summed E-state index contributed by atoms with van der Waals surface area (Å²) in [6.45, 7) is 25.6. The number of anilines is 2. The average Bonchev–Trinajstić information content (AvgIpc) is 2.91. The standard InChI is InChI=1S/C33H38N6/c1-10-30-29(15-21(2)26-16-27(18-35-17-26)37-23(4)32(6,7)8)33(9,39-30)24(5)38-31-20-36-19-28(22(31)3)25-11-13-34-14-12-25/h10-20,37-39H,2,4-5H2,1,3,6-9H3/b29-15+,30-10+. The zero-order valence-corrected chi connectivity index (χ0v) is 23.8. The third kappa shape index (κ3) is 5.70. The van der Waals surface area contributed by atoms with E-state index < -0.39 is 5.54 Å². The molecule has 0 saturated carbocycles. The summed E-state index contributed by atoms with van der Waals surface area (Å²) in [5.41, 5.74) is 10.1. The fraction of sp³-hybridized carbons (Fsp3) is 0.242. The molecule has 6 heteroatoms. The van der Waals surface area contributed by atoms with Crippen molar-refractivity contribution < 1.29 is 0 Å². The summed E-state index contributed by atoms with van der Waals surface area (Å²) in [4.78, 5) is 13.0. The molecule has 1 fully saturated rings. The summed E-state index contributed by atoms with van der Waals surface area (Å²) in [5.74, 6) is 0. The van der Waals surface area contributed by atoms with Crippen LogP contribution in [-0.2, 0) is 0 Å². The summed E-state index contributed by atoms with van der Waals surface area (Å²) in [7, 11) is 0. The van der Waals surface area contributed by atoms with Gasteiger partial charge in [0.1, 0.15) is 5.54 Å². The molecule has 3 N–H and O–H groups in total. The van der Waals surface area contributed by atoms with Crippen molar-refractivity contribution in [1.29, 1.82) is 0 Å². The lowest BCUT2D eigenvalue weighted by Crippen LogP contribution is -2.57. The van der Waals surface area contributed by atoms with E-state index in [-0.39, 0.29) is 5.41 Å². The van der Waals surface area contributed by atoms with Gasteiger partial charge in [0.2, 0.25) is 0 Å². The third-order valence-electron chi connectivity index (χ3n) is 7.23. The first-order valence-electron chi connectivity index (χ1n) is 13.0. The van der Waals surface area contributed by atoms with Crippen molar-refractivity contribution in [3.8, 4) is 11.1 Å². The lowest BCUT2D eigenvalue weighted by molar-refractivity contribution is 0.457. The molecule has 1 aliphatic rings. The van der Waals surface area contributed by atoms with Crippen LogP contribution in [-0.4, -0.2) is 20.5 Å². The molecule has 200 valence electrons. The van der Waals surface area contributed by atoms with Crippen molar-refractivity contribution in [3.63, 3.8) is 0 Å². The van der Waals surface area contributed by atoms with E-state index in [2.05, 4.69) is 103 Å². The van der Waals surface area contributed by atoms with Gasteiger partial charge >= 0.3 is 0 Å². The average molecular weight is 519 g/mol. The third-order valence-corrected chi connectivity index (χ3v) is 7.23. The molecule has 1 atom stereocenters. The molecular weight excluding hydrogens is 480 g/mol. The number of allylic oxidation sites excluding steroid dienone is 4. The molecule has 4 rings (SSSR count). The molecule has 1 unspecified atom stereocenters. The van der Waals surface area contributed by atoms with E-state index in [4.69, 9.17) is 0 Å². The van der Waals surface area contributed by atoms with Gasteiger partial charge in [0.25, 0.3) is 0 Å². The Hall–Kier alpha value is -4.45. The van der Waals surface area contributed by atoms with Crippen LogP contribution in [0.5, 0.6) is 0 Å². The highest BCUT2D eigenvalue weighted by Gasteiger charge is 2.43. The van der Waals surface area contributed by atoms with E-state index >= 15 is 0 Å². The maximum absolute atomic E-state index is 4.48. The molecule has 6 nitrogen and oxygen atoms in total. The fourth-order valence-electron chi connectivity index (χ4n) is 4.36. The van der Waals surface area contributed by atoms with E-state index in [0.717, 1.165) is 61.9 Å². The number of pyridine rings is 3. The first kappa shape index (κ1) is 27.6. The predicted molar refractivity (Wildman–Crippen MR) is 164 cm³/mol. The van der Waals surface area contributed by atoms with Gasteiger partial charge in [0, 0.05) is 64.0 Å². The number of aromatic nitrogens is 3. The second kappa shape index (κ2) is 10.7. The van der Waals surface area contributed by atoms with Gasteiger partial charge < -0.3 is 16.0 Å². The topological polar surface area (TPSA) is 74.8 Å². The zero-order valence-electron chi connectivity index (χ0n) is 23.8. The van der Waals surface area contributed by atoms with Crippen molar-refractivity contribution in [3.05, 3.63) is 121 Å². The van der Waals surface area contributed by atoms with Crippen LogP contribution in [0.15, 0.2) is 110 Å². The van der Waals surface area contributed by atoms with Gasteiger partial charge in [0.15, 0.2) is 0 Å². The first-order chi connectivity index (χ1) is 18.4. The highest BCUT2D eigenvalue weighted by molar-refractivity contribution is 5.79. The largest absolute Gasteiger partial charge is 0.371 e. The van der Waals surface area contributed by atoms with Crippen molar-refractivity contribution >= 4 is 16.9 Å². The molecule has 0 bridgehead atoms. The quantitative estimate of drug-likeness (QED) is 0.284. The van der Waals surface area contributed by atoms with Crippen LogP contribution in [0.1, 0.15) is 45.7 Å². The summed E-state index contributed by atoms with van der Waals surface area (Å²) in [6, 6.07) is 6.02. The maximum Gasteiger partial charge on any atom is 0.101 e. The van der Waals surface area contributed by atoms with Crippen molar-refractivity contribution in [2.24, 2.45) is 5.41 Å². The number of nitrogens with one attached hydrogen (secondary N) is 3. The van der Waals surface area contributed by atoms with Gasteiger partial charge in [-0.25, -0.2) is 0 Å². The molecule has 0 aliphatic carbocycles. The zero-order chi connectivity index (χ0) is 28.4. The van der Waals surface area contributed by atoms with Gasteiger partial charge in [0.05, 0.1) is 23.8 Å². The molecular formula is C33H38N6. The van der Waals surface area contributed by atoms with Gasteiger partial charge in [-0.15, -0.1) is 0 Å². The normalized spacial score (nSPS) is 18.7. The van der Waals surface area contributed by atoms with Crippen LogP contribution in [0.3, 0.4) is 0 Å². The molecule has 0 spiro atoms. The number of nitrogens with zero attached hydrogens (tertiary/aromatic N) is 3. The summed E-state index contributed by atoms with van der Waals surface area (Å²) < 4.78 is 0. The lowest BCUT2D eigenvalue weighted by atomic mass is 9.76. The van der Waals surface area contributed by atoms with Gasteiger partial charge in [-0.05, 0) is 61.7 Å². The van der Waals surface area contributed by atoms with E-state index in [9.17, 15) is 0 Å². The number of hydrogen-bond acceptors (Lipinski definition) is 6. The maximum atomic E-state index is 4.48. The van der Waals surface area contributed by atoms with Crippen LogP contribution in [0.2, 0.25) is 0 Å². The Labute approximate surface area is 232 Å². The number of hydrogen-bond donors (Lipinski definition) is 3. The molecule has 39 heavy (non-hydrogen) atoms. The SMILES string of the molecule is C=C(/C=C1\C(=C/C)NC1(C)C(=C)Nc1cncc(-c2ccncc2)c1C)c1cncc(NC(=C)C(C)(C)C)c1. The second-order valence-corrected chi connectivity index (χ2v) is 11.1. The van der Waals surface area contributed by atoms with Gasteiger partial charge in [-0.3, -0.25) is 15.0 Å². The molecule has 0 amide bonds. The Morgan fingerprint density at radius 1 is 0.974 bits per heavy atom. The Morgan fingerprint density at radius 2 is 1.67 bits per heavy atom. The van der Waals surface area contributed by atoms with Gasteiger partial charge in [-0.1, -0.05) is 46.6 Å². The molecule has 0 aromatic carbocycles. The monoisotopic (exact) mass is 518 g/mol. The Morgan fingerprint density at radius 3 is 2.33 bits per heavy atom. The number of rotatable bonds is 8.